The Morgan fingerprint density at radius 1 is 1.50 bits per heavy atom. The molecule has 1 aromatic rings. The number of nitro benzene ring substituents is 1. The standard InChI is InChI=1S/C9H9NO6/c11-7-2-1-5(10(15)16)3-6(7)8(12)4-9(13)14/h1-3,8,11-12H,4H2,(H,13,14)/t8-/m1/s1. The first-order valence-electron chi connectivity index (χ1n) is 4.29. The molecule has 0 bridgehead atoms. The molecule has 0 aliphatic rings. The van der Waals surface area contributed by atoms with Crippen LogP contribution in [-0.2, 0) is 4.79 Å². The molecule has 0 radical (unpaired) electrons. The van der Waals surface area contributed by atoms with Crippen LogP contribution in [0.2, 0.25) is 0 Å². The second-order valence-corrected chi connectivity index (χ2v) is 3.11. The Labute approximate surface area is 89.7 Å². The molecule has 0 saturated heterocycles. The van der Waals surface area contributed by atoms with Crippen molar-refractivity contribution < 1.29 is 25.0 Å². The third-order valence-electron chi connectivity index (χ3n) is 1.95. The zero-order chi connectivity index (χ0) is 12.3. The number of non-ortho nitro benzene ring substituents is 1. The van der Waals surface area contributed by atoms with Crippen LogP contribution in [0.1, 0.15) is 18.1 Å². The van der Waals surface area contributed by atoms with E-state index in [1.807, 2.05) is 0 Å². The van der Waals surface area contributed by atoms with E-state index in [0.29, 0.717) is 0 Å². The molecule has 0 aromatic heterocycles. The molecule has 3 N–H and O–H groups in total. The van der Waals surface area contributed by atoms with Crippen LogP contribution in [0.3, 0.4) is 0 Å². The lowest BCUT2D eigenvalue weighted by molar-refractivity contribution is -0.385. The van der Waals surface area contributed by atoms with Gasteiger partial charge in [0.1, 0.15) is 5.75 Å². The molecule has 0 amide bonds. The number of carboxylic acid groups (broad SMARTS) is 1. The fraction of sp³-hybridized carbons (Fsp3) is 0.222. The van der Waals surface area contributed by atoms with Crippen molar-refractivity contribution in [2.45, 2.75) is 12.5 Å². The highest BCUT2D eigenvalue weighted by Gasteiger charge is 2.19. The minimum absolute atomic E-state index is 0.170. The van der Waals surface area contributed by atoms with Crippen molar-refractivity contribution in [3.63, 3.8) is 0 Å². The highest BCUT2D eigenvalue weighted by atomic mass is 16.6. The number of hydrogen-bond donors (Lipinski definition) is 3. The largest absolute Gasteiger partial charge is 0.508 e. The maximum absolute atomic E-state index is 10.4. The number of benzene rings is 1. The lowest BCUT2D eigenvalue weighted by atomic mass is 10.0. The second kappa shape index (κ2) is 4.58. The van der Waals surface area contributed by atoms with Gasteiger partial charge in [-0.2, -0.15) is 0 Å². The topological polar surface area (TPSA) is 121 Å². The summed E-state index contributed by atoms with van der Waals surface area (Å²) in [7, 11) is 0. The Balaban J connectivity index is 3.06. The van der Waals surface area contributed by atoms with Crippen molar-refractivity contribution >= 4 is 11.7 Å². The number of aromatic hydroxyl groups is 1. The van der Waals surface area contributed by atoms with Gasteiger partial charge in [0.2, 0.25) is 0 Å². The van der Waals surface area contributed by atoms with Crippen molar-refractivity contribution in [3.05, 3.63) is 33.9 Å². The molecule has 0 aliphatic heterocycles. The minimum atomic E-state index is -1.47. The fourth-order valence-corrected chi connectivity index (χ4v) is 1.20. The summed E-state index contributed by atoms with van der Waals surface area (Å²) >= 11 is 0. The third kappa shape index (κ3) is 2.67. The number of aliphatic hydroxyl groups excluding tert-OH is 1. The van der Waals surface area contributed by atoms with Gasteiger partial charge in [-0.15, -0.1) is 0 Å². The molecule has 0 unspecified atom stereocenters. The van der Waals surface area contributed by atoms with Gasteiger partial charge in [-0.25, -0.2) is 0 Å². The zero-order valence-electron chi connectivity index (χ0n) is 8.03. The summed E-state index contributed by atoms with van der Waals surface area (Å²) in [5, 5.41) is 37.6. The molecular formula is C9H9NO6. The monoisotopic (exact) mass is 227 g/mol. The van der Waals surface area contributed by atoms with Crippen molar-refractivity contribution in [2.24, 2.45) is 0 Å². The Morgan fingerprint density at radius 2 is 2.12 bits per heavy atom. The molecule has 1 rings (SSSR count). The number of carbonyl (C=O) groups is 1. The Hall–Kier alpha value is -2.15. The number of aliphatic carboxylic acids is 1. The Bertz CT molecular complexity index is 430. The first kappa shape index (κ1) is 11.9. The lowest BCUT2D eigenvalue weighted by Crippen LogP contribution is -2.06. The molecule has 1 aromatic carbocycles. The van der Waals surface area contributed by atoms with E-state index in [0.717, 1.165) is 18.2 Å². The summed E-state index contributed by atoms with van der Waals surface area (Å²) in [5.41, 5.74) is -0.492. The Morgan fingerprint density at radius 3 is 2.62 bits per heavy atom. The van der Waals surface area contributed by atoms with E-state index in [4.69, 9.17) is 5.11 Å². The van der Waals surface area contributed by atoms with Gasteiger partial charge in [0.25, 0.3) is 5.69 Å². The first-order chi connectivity index (χ1) is 7.41. The quantitative estimate of drug-likeness (QED) is 0.516. The number of nitro groups is 1. The number of carboxylic acids is 1. The third-order valence-corrected chi connectivity index (χ3v) is 1.95. The highest BCUT2D eigenvalue weighted by molar-refractivity contribution is 5.68. The van der Waals surface area contributed by atoms with Crippen LogP contribution < -0.4 is 0 Å². The van der Waals surface area contributed by atoms with Crippen molar-refractivity contribution in [2.75, 3.05) is 0 Å². The smallest absolute Gasteiger partial charge is 0.306 e. The number of hydrogen-bond acceptors (Lipinski definition) is 5. The van der Waals surface area contributed by atoms with Crippen LogP contribution in [0, 0.1) is 10.1 Å². The molecule has 7 heteroatoms. The van der Waals surface area contributed by atoms with Gasteiger partial charge in [0.15, 0.2) is 0 Å². The molecular weight excluding hydrogens is 218 g/mol. The number of nitrogens with zero attached hydrogens (tertiary/aromatic N) is 1. The van der Waals surface area contributed by atoms with Gasteiger partial charge in [-0.1, -0.05) is 0 Å². The molecule has 1 atom stereocenters. The van der Waals surface area contributed by atoms with Crippen LogP contribution >= 0.6 is 0 Å². The fourth-order valence-electron chi connectivity index (χ4n) is 1.20. The summed E-state index contributed by atoms with van der Waals surface area (Å²) in [5.74, 6) is -1.64. The molecule has 0 saturated carbocycles. The van der Waals surface area contributed by atoms with Gasteiger partial charge in [0, 0.05) is 17.7 Å². The normalized spacial score (nSPS) is 12.1. The van der Waals surface area contributed by atoms with E-state index in [2.05, 4.69) is 0 Å². The maximum atomic E-state index is 10.4. The summed E-state index contributed by atoms with van der Waals surface area (Å²) in [6, 6.07) is 3.05. The molecule has 7 nitrogen and oxygen atoms in total. The van der Waals surface area contributed by atoms with Gasteiger partial charge in [-0.3, -0.25) is 14.9 Å². The van der Waals surface area contributed by atoms with E-state index in [1.165, 1.54) is 0 Å². The molecule has 16 heavy (non-hydrogen) atoms. The van der Waals surface area contributed by atoms with E-state index in [9.17, 15) is 25.1 Å². The van der Waals surface area contributed by atoms with Crippen molar-refractivity contribution in [1.82, 2.24) is 0 Å². The van der Waals surface area contributed by atoms with E-state index < -0.39 is 23.4 Å². The first-order valence-corrected chi connectivity index (χ1v) is 4.29. The van der Waals surface area contributed by atoms with Crippen molar-refractivity contribution in [1.29, 1.82) is 0 Å². The second-order valence-electron chi connectivity index (χ2n) is 3.11. The molecule has 0 fully saturated rings. The van der Waals surface area contributed by atoms with Gasteiger partial charge in [0.05, 0.1) is 17.4 Å². The molecule has 0 aliphatic carbocycles. The number of rotatable bonds is 4. The molecule has 0 heterocycles. The van der Waals surface area contributed by atoms with Crippen molar-refractivity contribution in [3.8, 4) is 5.75 Å². The summed E-state index contributed by atoms with van der Waals surface area (Å²) in [4.78, 5) is 20.1. The van der Waals surface area contributed by atoms with E-state index >= 15 is 0 Å². The Kier molecular flexibility index (Phi) is 3.41. The lowest BCUT2D eigenvalue weighted by Gasteiger charge is -2.09. The average molecular weight is 227 g/mol. The zero-order valence-corrected chi connectivity index (χ0v) is 8.03. The maximum Gasteiger partial charge on any atom is 0.306 e. The molecule has 0 spiro atoms. The van der Waals surface area contributed by atoms with Gasteiger partial charge < -0.3 is 15.3 Å². The van der Waals surface area contributed by atoms with Crippen LogP contribution in [0.5, 0.6) is 5.75 Å². The molecule has 86 valence electrons. The summed E-state index contributed by atoms with van der Waals surface area (Å²) in [6.45, 7) is 0. The summed E-state index contributed by atoms with van der Waals surface area (Å²) in [6.07, 6.45) is -2.10. The highest BCUT2D eigenvalue weighted by Crippen LogP contribution is 2.29. The SMILES string of the molecule is O=C(O)C[C@@H](O)c1cc([N+](=O)[O-])ccc1O. The summed E-state index contributed by atoms with van der Waals surface area (Å²) < 4.78 is 0. The van der Waals surface area contributed by atoms with E-state index in [-0.39, 0.29) is 17.0 Å². The average Bonchev–Trinajstić information content (AvgIpc) is 2.16. The van der Waals surface area contributed by atoms with Gasteiger partial charge >= 0.3 is 5.97 Å². The van der Waals surface area contributed by atoms with Crippen LogP contribution in [0.15, 0.2) is 18.2 Å². The van der Waals surface area contributed by atoms with Crippen LogP contribution in [0.4, 0.5) is 5.69 Å². The number of phenols is 1. The number of aliphatic hydroxyl groups is 1. The van der Waals surface area contributed by atoms with Crippen LogP contribution in [-0.4, -0.2) is 26.2 Å². The van der Waals surface area contributed by atoms with E-state index in [1.54, 1.807) is 0 Å². The van der Waals surface area contributed by atoms with Gasteiger partial charge in [-0.05, 0) is 6.07 Å². The predicted octanol–water partition coefficient (Wildman–Crippen LogP) is 0.808. The predicted molar refractivity (Wildman–Crippen MR) is 52.0 cm³/mol. The number of phenolic OH excluding ortho intramolecular Hbond substituents is 1. The minimum Gasteiger partial charge on any atom is -0.508 e. The van der Waals surface area contributed by atoms with Crippen LogP contribution in [0.25, 0.3) is 0 Å².